The Hall–Kier alpha value is -1.96. The number of urea groups is 1. The summed E-state index contributed by atoms with van der Waals surface area (Å²) in [4.78, 5) is 14.0. The highest BCUT2D eigenvalue weighted by atomic mass is 32.2. The zero-order valence-corrected chi connectivity index (χ0v) is 15.6. The first-order valence-corrected chi connectivity index (χ1v) is 9.64. The first kappa shape index (κ1) is 20.1. The van der Waals surface area contributed by atoms with Crippen molar-refractivity contribution in [1.29, 1.82) is 0 Å². The van der Waals surface area contributed by atoms with Gasteiger partial charge in [0.2, 0.25) is 0 Å². The lowest BCUT2D eigenvalue weighted by Crippen LogP contribution is -2.44. The van der Waals surface area contributed by atoms with E-state index in [4.69, 9.17) is 8.92 Å². The van der Waals surface area contributed by atoms with E-state index in [-0.39, 0.29) is 17.8 Å². The summed E-state index contributed by atoms with van der Waals surface area (Å²) in [6, 6.07) is 4.87. The molecule has 0 aliphatic rings. The summed E-state index contributed by atoms with van der Waals surface area (Å²) in [6.07, 6.45) is 1.78. The molecule has 0 fully saturated rings. The predicted octanol–water partition coefficient (Wildman–Crippen LogP) is 2.36. The number of nitrogens with zero attached hydrogens (tertiary/aromatic N) is 1. The van der Waals surface area contributed by atoms with Crippen LogP contribution in [-0.4, -0.2) is 45.3 Å². The number of nitrogens with one attached hydrogen (secondary N) is 1. The molecule has 1 rings (SSSR count). The molecular weight excluding hydrogens is 332 g/mol. The van der Waals surface area contributed by atoms with Gasteiger partial charge in [0.25, 0.3) is 0 Å². The van der Waals surface area contributed by atoms with Crippen molar-refractivity contribution in [2.45, 2.75) is 39.8 Å². The number of carbonyl (C=O) groups excluding carboxylic acids is 1. The number of methoxy groups -OCH3 is 1. The Morgan fingerprint density at radius 2 is 1.96 bits per heavy atom. The first-order valence-electron chi connectivity index (χ1n) is 7.82. The minimum absolute atomic E-state index is 0.0397. The summed E-state index contributed by atoms with van der Waals surface area (Å²) in [6.45, 7) is 6.70. The van der Waals surface area contributed by atoms with E-state index >= 15 is 0 Å². The fraction of sp³-hybridized carbons (Fsp3) is 0.562. The van der Waals surface area contributed by atoms with Crippen molar-refractivity contribution in [3.63, 3.8) is 0 Å². The molecule has 7 nitrogen and oxygen atoms in total. The molecule has 0 saturated carbocycles. The Bertz CT molecular complexity index is 660. The van der Waals surface area contributed by atoms with Gasteiger partial charge in [-0.15, -0.1) is 0 Å². The van der Waals surface area contributed by atoms with E-state index in [9.17, 15) is 13.2 Å². The molecule has 8 heteroatoms. The second-order valence-electron chi connectivity index (χ2n) is 5.49. The second kappa shape index (κ2) is 8.77. The van der Waals surface area contributed by atoms with Gasteiger partial charge >= 0.3 is 16.1 Å². The van der Waals surface area contributed by atoms with E-state index in [1.54, 1.807) is 23.1 Å². The third kappa shape index (κ3) is 5.92. The van der Waals surface area contributed by atoms with Crippen LogP contribution >= 0.6 is 0 Å². The fourth-order valence-electron chi connectivity index (χ4n) is 2.15. The summed E-state index contributed by atoms with van der Waals surface area (Å²) in [5, 5.41) is 2.79. The Morgan fingerprint density at radius 3 is 2.46 bits per heavy atom. The highest BCUT2D eigenvalue weighted by Crippen LogP contribution is 2.30. The molecule has 1 aromatic carbocycles. The minimum atomic E-state index is -3.67. The maximum Gasteiger partial charge on any atom is 0.317 e. The molecular formula is C16H26N2O5S. The van der Waals surface area contributed by atoms with E-state index in [1.807, 2.05) is 20.8 Å². The number of rotatable bonds is 8. The number of amides is 2. The molecule has 0 heterocycles. The van der Waals surface area contributed by atoms with Crippen LogP contribution in [0.15, 0.2) is 18.2 Å². The SMILES string of the molecule is CCNC(=O)N(Cc1ccc(OC)c(OS(C)(=O)=O)c1)[C@H](C)CC. The molecule has 2 amide bonds. The van der Waals surface area contributed by atoms with Gasteiger partial charge in [0.1, 0.15) is 0 Å². The van der Waals surface area contributed by atoms with Gasteiger partial charge in [-0.2, -0.15) is 8.42 Å². The quantitative estimate of drug-likeness (QED) is 0.721. The summed E-state index contributed by atoms with van der Waals surface area (Å²) in [7, 11) is -2.24. The Balaban J connectivity index is 3.11. The van der Waals surface area contributed by atoms with Gasteiger partial charge in [-0.25, -0.2) is 4.79 Å². The maximum atomic E-state index is 12.2. The smallest absolute Gasteiger partial charge is 0.317 e. The molecule has 1 atom stereocenters. The van der Waals surface area contributed by atoms with Crippen molar-refractivity contribution in [3.8, 4) is 11.5 Å². The normalized spacial score (nSPS) is 12.4. The second-order valence-corrected chi connectivity index (χ2v) is 7.07. The summed E-state index contributed by atoms with van der Waals surface area (Å²) in [5.74, 6) is 0.426. The lowest BCUT2D eigenvalue weighted by molar-refractivity contribution is 0.174. The molecule has 0 aliphatic carbocycles. The van der Waals surface area contributed by atoms with Crippen LogP contribution in [0.4, 0.5) is 4.79 Å². The van der Waals surface area contributed by atoms with Crippen LogP contribution in [0.3, 0.4) is 0 Å². The van der Waals surface area contributed by atoms with E-state index in [0.29, 0.717) is 18.8 Å². The van der Waals surface area contributed by atoms with Crippen molar-refractivity contribution in [1.82, 2.24) is 10.2 Å². The van der Waals surface area contributed by atoms with E-state index < -0.39 is 10.1 Å². The monoisotopic (exact) mass is 358 g/mol. The predicted molar refractivity (Wildman–Crippen MR) is 92.8 cm³/mol. The van der Waals surface area contributed by atoms with Crippen LogP contribution in [0.1, 0.15) is 32.8 Å². The van der Waals surface area contributed by atoms with Gasteiger partial charge in [-0.1, -0.05) is 13.0 Å². The number of hydrogen-bond donors (Lipinski definition) is 1. The van der Waals surface area contributed by atoms with Crippen LogP contribution in [-0.2, 0) is 16.7 Å². The van der Waals surface area contributed by atoms with Crippen molar-refractivity contribution in [2.24, 2.45) is 0 Å². The number of ether oxygens (including phenoxy) is 1. The van der Waals surface area contributed by atoms with E-state index in [2.05, 4.69) is 5.32 Å². The Labute approximate surface area is 144 Å². The molecule has 0 bridgehead atoms. The minimum Gasteiger partial charge on any atom is -0.493 e. The molecule has 1 N–H and O–H groups in total. The molecule has 0 radical (unpaired) electrons. The first-order chi connectivity index (χ1) is 11.2. The number of carbonyl (C=O) groups is 1. The summed E-state index contributed by atoms with van der Waals surface area (Å²) < 4.78 is 32.9. The van der Waals surface area contributed by atoms with Crippen molar-refractivity contribution < 1.29 is 22.1 Å². The molecule has 24 heavy (non-hydrogen) atoms. The molecule has 0 aliphatic heterocycles. The molecule has 0 saturated heterocycles. The zero-order chi connectivity index (χ0) is 18.3. The number of benzene rings is 1. The summed E-state index contributed by atoms with van der Waals surface area (Å²) in [5.41, 5.74) is 0.751. The van der Waals surface area contributed by atoms with Gasteiger partial charge in [0.05, 0.1) is 13.4 Å². The van der Waals surface area contributed by atoms with Crippen LogP contribution in [0, 0.1) is 0 Å². The fourth-order valence-corrected chi connectivity index (χ4v) is 2.60. The molecule has 0 unspecified atom stereocenters. The van der Waals surface area contributed by atoms with Gasteiger partial charge in [-0.3, -0.25) is 0 Å². The number of hydrogen-bond acceptors (Lipinski definition) is 5. The van der Waals surface area contributed by atoms with Crippen molar-refractivity contribution in [3.05, 3.63) is 23.8 Å². The lowest BCUT2D eigenvalue weighted by Gasteiger charge is -2.29. The van der Waals surface area contributed by atoms with Gasteiger partial charge < -0.3 is 19.1 Å². The van der Waals surface area contributed by atoms with Gasteiger partial charge in [-0.05, 0) is 38.0 Å². The van der Waals surface area contributed by atoms with E-state index in [0.717, 1.165) is 18.2 Å². The van der Waals surface area contributed by atoms with E-state index in [1.165, 1.54) is 7.11 Å². The van der Waals surface area contributed by atoms with Crippen LogP contribution in [0.2, 0.25) is 0 Å². The topological polar surface area (TPSA) is 84.9 Å². The van der Waals surface area contributed by atoms with Gasteiger partial charge in [0, 0.05) is 19.1 Å². The molecule has 0 spiro atoms. The lowest BCUT2D eigenvalue weighted by atomic mass is 10.1. The third-order valence-corrected chi connectivity index (χ3v) is 4.02. The van der Waals surface area contributed by atoms with Crippen LogP contribution < -0.4 is 14.2 Å². The average Bonchev–Trinajstić information content (AvgIpc) is 2.50. The largest absolute Gasteiger partial charge is 0.493 e. The van der Waals surface area contributed by atoms with Crippen molar-refractivity contribution in [2.75, 3.05) is 19.9 Å². The standard InChI is InChI=1S/C16H26N2O5S/c1-6-12(3)18(16(19)17-7-2)11-13-8-9-14(22-4)15(10-13)23-24(5,20)21/h8-10,12H,6-7,11H2,1-5H3,(H,17,19)/t12-/m1/s1. The zero-order valence-electron chi connectivity index (χ0n) is 14.8. The average molecular weight is 358 g/mol. The molecule has 1 aromatic rings. The Kier molecular flexibility index (Phi) is 7.34. The van der Waals surface area contributed by atoms with Gasteiger partial charge in [0.15, 0.2) is 11.5 Å². The molecule has 0 aromatic heterocycles. The Morgan fingerprint density at radius 1 is 1.29 bits per heavy atom. The highest BCUT2D eigenvalue weighted by molar-refractivity contribution is 7.86. The van der Waals surface area contributed by atoms with Crippen LogP contribution in [0.25, 0.3) is 0 Å². The van der Waals surface area contributed by atoms with Crippen LogP contribution in [0.5, 0.6) is 11.5 Å². The van der Waals surface area contributed by atoms with Crippen molar-refractivity contribution >= 4 is 16.1 Å². The third-order valence-electron chi connectivity index (χ3n) is 3.53. The summed E-state index contributed by atoms with van der Waals surface area (Å²) >= 11 is 0. The maximum absolute atomic E-state index is 12.2. The molecule has 136 valence electrons. The highest BCUT2D eigenvalue weighted by Gasteiger charge is 2.20.